The van der Waals surface area contributed by atoms with Gasteiger partial charge in [0.15, 0.2) is 0 Å². The van der Waals surface area contributed by atoms with Crippen LogP contribution in [0.2, 0.25) is 0 Å². The van der Waals surface area contributed by atoms with Crippen molar-refractivity contribution in [3.8, 4) is 0 Å². The number of hydrogen-bond donors (Lipinski definition) is 2. The molecule has 0 spiro atoms. The number of H-pyrrole nitrogens is 1. The van der Waals surface area contributed by atoms with Gasteiger partial charge in [-0.2, -0.15) is 0 Å². The Bertz CT molecular complexity index is 400. The molecule has 0 saturated heterocycles. The first kappa shape index (κ1) is 22.9. The van der Waals surface area contributed by atoms with Gasteiger partial charge in [-0.05, 0) is 38.8 Å². The zero-order chi connectivity index (χ0) is 17.4. The Kier molecular flexibility index (Phi) is 16.6. The summed E-state index contributed by atoms with van der Waals surface area (Å²) in [6.07, 6.45) is 7.11. The number of aromatic nitrogens is 1. The summed E-state index contributed by atoms with van der Waals surface area (Å²) in [4.78, 5) is 23.8. The van der Waals surface area contributed by atoms with Gasteiger partial charge in [0, 0.05) is 24.7 Å². The summed E-state index contributed by atoms with van der Waals surface area (Å²) in [5.41, 5.74) is 0.881. The standard InChI is InChI=1S/C9H11NO2.C5H11N.2C2H6/c1-7(11)2-3-8-4-5-9(12)10-6-8;1-6-5-3-2-4-5;2*1-2/h4-6H,2-3H2,1H3,(H,10,12);5-6H,2-4H2,1H3;2*1-2H3. The maximum absolute atomic E-state index is 10.6. The molecule has 0 radical (unpaired) electrons. The number of aromatic amines is 1. The van der Waals surface area contributed by atoms with Crippen molar-refractivity contribution in [3.05, 3.63) is 34.2 Å². The van der Waals surface area contributed by atoms with E-state index in [-0.39, 0.29) is 11.3 Å². The second-order valence-electron chi connectivity index (χ2n) is 4.68. The Morgan fingerprint density at radius 2 is 1.82 bits per heavy atom. The van der Waals surface area contributed by atoms with Crippen molar-refractivity contribution in [2.24, 2.45) is 0 Å². The number of aryl methyl sites for hydroxylation is 1. The lowest BCUT2D eigenvalue weighted by Gasteiger charge is -2.23. The van der Waals surface area contributed by atoms with Crippen molar-refractivity contribution in [2.45, 2.75) is 72.8 Å². The van der Waals surface area contributed by atoms with Crippen LogP contribution in [0.3, 0.4) is 0 Å². The quantitative estimate of drug-likeness (QED) is 0.891. The minimum absolute atomic E-state index is 0.110. The van der Waals surface area contributed by atoms with Crippen LogP contribution in [0.25, 0.3) is 0 Å². The smallest absolute Gasteiger partial charge is 0.247 e. The van der Waals surface area contributed by atoms with E-state index < -0.39 is 0 Å². The van der Waals surface area contributed by atoms with Gasteiger partial charge in [0.2, 0.25) is 5.56 Å². The molecule has 1 heterocycles. The Balaban J connectivity index is 0. The summed E-state index contributed by atoms with van der Waals surface area (Å²) in [7, 11) is 2.03. The third kappa shape index (κ3) is 12.3. The van der Waals surface area contributed by atoms with E-state index in [0.29, 0.717) is 12.8 Å². The summed E-state index contributed by atoms with van der Waals surface area (Å²) in [5, 5.41) is 3.20. The molecule has 22 heavy (non-hydrogen) atoms. The zero-order valence-corrected chi connectivity index (χ0v) is 15.2. The molecule has 1 aliphatic rings. The van der Waals surface area contributed by atoms with Crippen LogP contribution in [0.4, 0.5) is 0 Å². The molecule has 2 rings (SSSR count). The molecule has 0 unspecified atom stereocenters. The molecule has 0 aromatic carbocycles. The average molecular weight is 310 g/mol. The summed E-state index contributed by atoms with van der Waals surface area (Å²) in [6, 6.07) is 4.07. The van der Waals surface area contributed by atoms with Gasteiger partial charge in [-0.15, -0.1) is 0 Å². The van der Waals surface area contributed by atoms with Gasteiger partial charge in [0.1, 0.15) is 5.78 Å². The largest absolute Gasteiger partial charge is 0.329 e. The minimum Gasteiger partial charge on any atom is -0.329 e. The van der Waals surface area contributed by atoms with Crippen LogP contribution < -0.4 is 10.9 Å². The fourth-order valence-corrected chi connectivity index (χ4v) is 1.62. The van der Waals surface area contributed by atoms with Gasteiger partial charge in [-0.3, -0.25) is 4.79 Å². The van der Waals surface area contributed by atoms with Gasteiger partial charge in [-0.1, -0.05) is 40.2 Å². The molecule has 4 nitrogen and oxygen atoms in total. The molecule has 1 saturated carbocycles. The van der Waals surface area contributed by atoms with Gasteiger partial charge < -0.3 is 15.1 Å². The third-order valence-corrected chi connectivity index (χ3v) is 3.13. The Morgan fingerprint density at radius 1 is 1.23 bits per heavy atom. The highest BCUT2D eigenvalue weighted by Crippen LogP contribution is 2.16. The summed E-state index contributed by atoms with van der Waals surface area (Å²) >= 11 is 0. The predicted octanol–water partition coefficient (Wildman–Crippen LogP) is 3.71. The monoisotopic (exact) mass is 310 g/mol. The number of carbonyl (C=O) groups is 1. The van der Waals surface area contributed by atoms with E-state index in [9.17, 15) is 9.59 Å². The molecule has 1 fully saturated rings. The maximum Gasteiger partial charge on any atom is 0.247 e. The van der Waals surface area contributed by atoms with E-state index in [4.69, 9.17) is 0 Å². The molecule has 2 N–H and O–H groups in total. The molecule has 128 valence electrons. The van der Waals surface area contributed by atoms with Gasteiger partial charge >= 0.3 is 0 Å². The summed E-state index contributed by atoms with van der Waals surface area (Å²) in [5.74, 6) is 0.168. The highest BCUT2D eigenvalue weighted by atomic mass is 16.1. The molecule has 0 atom stereocenters. The molecule has 0 aliphatic heterocycles. The first-order valence-corrected chi connectivity index (χ1v) is 8.46. The number of Topliss-reactive ketones (excluding diaryl/α,β-unsaturated/α-hetero) is 1. The number of hydrogen-bond acceptors (Lipinski definition) is 3. The number of pyridine rings is 1. The number of ketones is 1. The SMILES string of the molecule is CC.CC.CC(=O)CCc1ccc(=O)[nH]c1.CNC1CCC1. The molecular weight excluding hydrogens is 276 g/mol. The topological polar surface area (TPSA) is 62.0 Å². The van der Waals surface area contributed by atoms with Crippen LogP contribution in [-0.2, 0) is 11.2 Å². The second kappa shape index (κ2) is 16.0. The average Bonchev–Trinajstić information content (AvgIpc) is 2.50. The molecule has 1 aliphatic carbocycles. The second-order valence-corrected chi connectivity index (χ2v) is 4.68. The van der Waals surface area contributed by atoms with Crippen molar-refractivity contribution in [1.82, 2.24) is 10.3 Å². The normalized spacial score (nSPS) is 12.3. The highest BCUT2D eigenvalue weighted by Gasteiger charge is 2.13. The van der Waals surface area contributed by atoms with Crippen LogP contribution in [0.5, 0.6) is 0 Å². The van der Waals surface area contributed by atoms with Crippen molar-refractivity contribution < 1.29 is 4.79 Å². The fraction of sp³-hybridized carbons (Fsp3) is 0.667. The first-order valence-electron chi connectivity index (χ1n) is 8.46. The van der Waals surface area contributed by atoms with Crippen molar-refractivity contribution >= 4 is 5.78 Å². The number of nitrogens with one attached hydrogen (secondary N) is 2. The number of rotatable bonds is 4. The van der Waals surface area contributed by atoms with Gasteiger partial charge in [-0.25, -0.2) is 0 Å². The molecule has 4 heteroatoms. The number of carbonyl (C=O) groups excluding carboxylic acids is 1. The van der Waals surface area contributed by atoms with Crippen LogP contribution in [0, 0.1) is 0 Å². The van der Waals surface area contributed by atoms with E-state index in [1.807, 2.05) is 34.7 Å². The molecule has 0 amide bonds. The van der Waals surface area contributed by atoms with Gasteiger partial charge in [0.05, 0.1) is 0 Å². The predicted molar refractivity (Wildman–Crippen MR) is 95.5 cm³/mol. The van der Waals surface area contributed by atoms with E-state index in [2.05, 4.69) is 10.3 Å². The minimum atomic E-state index is -0.110. The molecular formula is C18H34N2O2. The summed E-state index contributed by atoms with van der Waals surface area (Å²) < 4.78 is 0. The Labute approximate surface area is 135 Å². The van der Waals surface area contributed by atoms with Crippen molar-refractivity contribution in [1.29, 1.82) is 0 Å². The lowest BCUT2D eigenvalue weighted by atomic mass is 9.94. The lowest BCUT2D eigenvalue weighted by molar-refractivity contribution is -0.116. The van der Waals surface area contributed by atoms with Crippen LogP contribution >= 0.6 is 0 Å². The summed E-state index contributed by atoms with van der Waals surface area (Å²) in [6.45, 7) is 9.56. The fourth-order valence-electron chi connectivity index (χ4n) is 1.62. The van der Waals surface area contributed by atoms with Crippen molar-refractivity contribution in [2.75, 3.05) is 7.05 Å². The van der Waals surface area contributed by atoms with E-state index in [1.54, 1.807) is 19.2 Å². The van der Waals surface area contributed by atoms with Gasteiger partial charge in [0.25, 0.3) is 0 Å². The van der Waals surface area contributed by atoms with E-state index in [0.717, 1.165) is 11.6 Å². The van der Waals surface area contributed by atoms with E-state index >= 15 is 0 Å². The van der Waals surface area contributed by atoms with E-state index in [1.165, 1.54) is 25.3 Å². The lowest BCUT2D eigenvalue weighted by Crippen LogP contribution is -2.31. The highest BCUT2D eigenvalue weighted by molar-refractivity contribution is 5.75. The van der Waals surface area contributed by atoms with Crippen LogP contribution in [0.1, 0.15) is 65.9 Å². The molecule has 1 aromatic heterocycles. The molecule has 0 bridgehead atoms. The van der Waals surface area contributed by atoms with Crippen molar-refractivity contribution in [3.63, 3.8) is 0 Å². The zero-order valence-electron chi connectivity index (χ0n) is 15.2. The maximum atomic E-state index is 10.6. The Hall–Kier alpha value is -1.42. The third-order valence-electron chi connectivity index (χ3n) is 3.13. The first-order chi connectivity index (χ1) is 10.6. The van der Waals surface area contributed by atoms with Crippen LogP contribution in [0.15, 0.2) is 23.1 Å². The van der Waals surface area contributed by atoms with Crippen LogP contribution in [-0.4, -0.2) is 23.9 Å². The Morgan fingerprint density at radius 3 is 2.09 bits per heavy atom. The molecule has 1 aromatic rings.